The summed E-state index contributed by atoms with van der Waals surface area (Å²) in [6.45, 7) is 0. The van der Waals surface area contributed by atoms with Crippen molar-refractivity contribution in [3.63, 3.8) is 0 Å². The number of halogens is 1. The van der Waals surface area contributed by atoms with Crippen LogP contribution in [0.25, 0.3) is 0 Å². The zero-order chi connectivity index (χ0) is 17.6. The van der Waals surface area contributed by atoms with Crippen molar-refractivity contribution in [2.45, 2.75) is 11.3 Å². The van der Waals surface area contributed by atoms with E-state index in [1.54, 1.807) is 36.3 Å². The molecule has 3 aromatic rings. The molecule has 0 radical (unpaired) electrons. The van der Waals surface area contributed by atoms with Crippen LogP contribution in [0.15, 0.2) is 71.9 Å². The van der Waals surface area contributed by atoms with E-state index in [-0.39, 0.29) is 5.91 Å². The highest BCUT2D eigenvalue weighted by Gasteiger charge is 2.11. The lowest BCUT2D eigenvalue weighted by Crippen LogP contribution is -2.12. The zero-order valence-electron chi connectivity index (χ0n) is 13.7. The Hall–Kier alpha value is -2.30. The first kappa shape index (κ1) is 17.5. The van der Waals surface area contributed by atoms with Crippen LogP contribution >= 0.6 is 23.4 Å². The van der Waals surface area contributed by atoms with E-state index < -0.39 is 0 Å². The summed E-state index contributed by atoms with van der Waals surface area (Å²) >= 11 is 7.73. The normalized spacial score (nSPS) is 10.5. The van der Waals surface area contributed by atoms with Gasteiger partial charge in [-0.2, -0.15) is 0 Å². The topological polar surface area (TPSA) is 42.0 Å². The van der Waals surface area contributed by atoms with Crippen LogP contribution in [0.2, 0.25) is 5.02 Å². The second-order valence-corrected chi connectivity index (χ2v) is 6.82. The van der Waals surface area contributed by atoms with Gasteiger partial charge in [0.05, 0.1) is 10.6 Å². The molecule has 1 N–H and O–H groups in total. The van der Waals surface area contributed by atoms with Crippen LogP contribution in [0, 0.1) is 0 Å². The van der Waals surface area contributed by atoms with Crippen LogP contribution < -0.4 is 5.32 Å². The number of nitrogens with one attached hydrogen (secondary N) is 1. The van der Waals surface area contributed by atoms with Gasteiger partial charge in [0.1, 0.15) is 0 Å². The first-order valence-electron chi connectivity index (χ1n) is 7.78. The van der Waals surface area contributed by atoms with E-state index in [1.165, 1.54) is 11.1 Å². The minimum Gasteiger partial charge on any atom is -0.322 e. The predicted molar refractivity (Wildman–Crippen MR) is 105 cm³/mol. The van der Waals surface area contributed by atoms with Crippen molar-refractivity contribution < 1.29 is 4.79 Å². The van der Waals surface area contributed by atoms with Crippen LogP contribution in [-0.2, 0) is 6.42 Å². The molecular weight excluding hydrogens is 352 g/mol. The van der Waals surface area contributed by atoms with Crippen LogP contribution in [0.4, 0.5) is 5.69 Å². The van der Waals surface area contributed by atoms with Gasteiger partial charge in [-0.15, -0.1) is 11.8 Å². The van der Waals surface area contributed by atoms with Gasteiger partial charge < -0.3 is 5.32 Å². The Morgan fingerprint density at radius 3 is 2.40 bits per heavy atom. The Morgan fingerprint density at radius 2 is 1.72 bits per heavy atom. The van der Waals surface area contributed by atoms with Gasteiger partial charge in [-0.1, -0.05) is 23.7 Å². The van der Waals surface area contributed by atoms with E-state index >= 15 is 0 Å². The number of amides is 1. The summed E-state index contributed by atoms with van der Waals surface area (Å²) in [7, 11) is 0. The monoisotopic (exact) mass is 368 g/mol. The Kier molecular flexibility index (Phi) is 5.74. The fraction of sp³-hybridized carbons (Fsp3) is 0.100. The molecule has 0 atom stereocenters. The smallest absolute Gasteiger partial charge is 0.257 e. The van der Waals surface area contributed by atoms with E-state index in [4.69, 9.17) is 11.6 Å². The van der Waals surface area contributed by atoms with Gasteiger partial charge in [-0.25, -0.2) is 0 Å². The molecule has 1 aromatic heterocycles. The number of nitrogens with zero attached hydrogens (tertiary/aromatic N) is 1. The van der Waals surface area contributed by atoms with E-state index in [0.29, 0.717) is 10.6 Å². The van der Waals surface area contributed by atoms with Crippen LogP contribution in [0.1, 0.15) is 21.5 Å². The van der Waals surface area contributed by atoms with E-state index in [9.17, 15) is 4.79 Å². The van der Waals surface area contributed by atoms with E-state index in [1.807, 2.05) is 48.7 Å². The second kappa shape index (κ2) is 8.19. The molecule has 5 heteroatoms. The Labute approximate surface area is 156 Å². The third kappa shape index (κ3) is 4.62. The van der Waals surface area contributed by atoms with Gasteiger partial charge in [0, 0.05) is 23.0 Å². The largest absolute Gasteiger partial charge is 0.322 e. The number of aromatic nitrogens is 1. The highest BCUT2D eigenvalue weighted by Crippen LogP contribution is 2.24. The number of hydrogen-bond acceptors (Lipinski definition) is 3. The van der Waals surface area contributed by atoms with Crippen molar-refractivity contribution >= 4 is 35.0 Å². The summed E-state index contributed by atoms with van der Waals surface area (Å²) in [5.74, 6) is -0.206. The number of rotatable bonds is 5. The number of hydrogen-bond donors (Lipinski definition) is 1. The van der Waals surface area contributed by atoms with Crippen molar-refractivity contribution in [2.75, 3.05) is 11.6 Å². The number of carbonyl (C=O) groups excluding carboxylic acids is 1. The van der Waals surface area contributed by atoms with Crippen LogP contribution in [-0.4, -0.2) is 17.1 Å². The zero-order valence-corrected chi connectivity index (χ0v) is 15.3. The Bertz CT molecular complexity index is 867. The Balaban J connectivity index is 1.70. The molecule has 0 fully saturated rings. The molecule has 0 saturated carbocycles. The number of benzene rings is 2. The van der Waals surface area contributed by atoms with Crippen LogP contribution in [0.3, 0.4) is 0 Å². The standard InChI is InChI=1S/C20H17ClN2OS/c1-25-17-6-7-19(21)18(13-17)20(24)23-16-4-2-14(3-5-16)12-15-8-10-22-11-9-15/h2-11,13H,12H2,1H3,(H,23,24). The SMILES string of the molecule is CSc1ccc(Cl)c(C(=O)Nc2ccc(Cc3ccncc3)cc2)c1. The lowest BCUT2D eigenvalue weighted by Gasteiger charge is -2.09. The van der Waals surface area contributed by atoms with E-state index in [0.717, 1.165) is 17.0 Å². The summed E-state index contributed by atoms with van der Waals surface area (Å²) < 4.78 is 0. The third-order valence-electron chi connectivity index (χ3n) is 3.79. The van der Waals surface area contributed by atoms with Crippen molar-refractivity contribution in [1.29, 1.82) is 0 Å². The molecule has 0 aliphatic rings. The van der Waals surface area contributed by atoms with Crippen molar-refractivity contribution in [3.8, 4) is 0 Å². The molecule has 2 aromatic carbocycles. The summed E-state index contributed by atoms with van der Waals surface area (Å²) in [5, 5.41) is 3.35. The molecule has 25 heavy (non-hydrogen) atoms. The molecule has 0 unspecified atom stereocenters. The fourth-order valence-corrected chi connectivity index (χ4v) is 3.09. The highest BCUT2D eigenvalue weighted by atomic mass is 35.5. The fourth-order valence-electron chi connectivity index (χ4n) is 2.45. The van der Waals surface area contributed by atoms with Crippen LogP contribution in [0.5, 0.6) is 0 Å². The highest BCUT2D eigenvalue weighted by molar-refractivity contribution is 7.98. The molecule has 1 amide bonds. The maximum Gasteiger partial charge on any atom is 0.257 e. The molecule has 0 saturated heterocycles. The third-order valence-corrected chi connectivity index (χ3v) is 4.84. The minimum atomic E-state index is -0.206. The van der Waals surface area contributed by atoms with Gasteiger partial charge in [0.15, 0.2) is 0 Å². The predicted octanol–water partition coefficient (Wildman–Crippen LogP) is 5.30. The van der Waals surface area contributed by atoms with Gasteiger partial charge in [-0.3, -0.25) is 9.78 Å². The average molecular weight is 369 g/mol. The number of carbonyl (C=O) groups is 1. The summed E-state index contributed by atoms with van der Waals surface area (Å²) in [6.07, 6.45) is 6.37. The Morgan fingerprint density at radius 1 is 1.04 bits per heavy atom. The van der Waals surface area contributed by atoms with Crippen molar-refractivity contribution in [1.82, 2.24) is 4.98 Å². The molecule has 0 aliphatic carbocycles. The maximum absolute atomic E-state index is 12.5. The molecule has 3 nitrogen and oxygen atoms in total. The summed E-state index contributed by atoms with van der Waals surface area (Å²) in [5.41, 5.74) is 3.60. The molecule has 0 spiro atoms. The van der Waals surface area contributed by atoms with E-state index in [2.05, 4.69) is 10.3 Å². The lowest BCUT2D eigenvalue weighted by molar-refractivity contribution is 0.102. The molecule has 0 aliphatic heterocycles. The molecule has 3 rings (SSSR count). The molecule has 126 valence electrons. The first-order valence-corrected chi connectivity index (χ1v) is 9.39. The average Bonchev–Trinajstić information content (AvgIpc) is 2.64. The summed E-state index contributed by atoms with van der Waals surface area (Å²) in [4.78, 5) is 17.5. The number of thioether (sulfide) groups is 1. The van der Waals surface area contributed by atoms with Gasteiger partial charge in [-0.05, 0) is 66.3 Å². The molecule has 1 heterocycles. The van der Waals surface area contributed by atoms with Gasteiger partial charge >= 0.3 is 0 Å². The number of anilines is 1. The molecular formula is C20H17ClN2OS. The maximum atomic E-state index is 12.5. The van der Waals surface area contributed by atoms with Gasteiger partial charge in [0.2, 0.25) is 0 Å². The van der Waals surface area contributed by atoms with Crippen molar-refractivity contribution in [3.05, 3.63) is 88.7 Å². The quantitative estimate of drug-likeness (QED) is 0.621. The van der Waals surface area contributed by atoms with Gasteiger partial charge in [0.25, 0.3) is 5.91 Å². The minimum absolute atomic E-state index is 0.206. The second-order valence-electron chi connectivity index (χ2n) is 5.53. The molecule has 0 bridgehead atoms. The lowest BCUT2D eigenvalue weighted by atomic mass is 10.1. The van der Waals surface area contributed by atoms with Crippen molar-refractivity contribution in [2.24, 2.45) is 0 Å². The number of pyridine rings is 1. The first-order chi connectivity index (χ1) is 12.2. The summed E-state index contributed by atoms with van der Waals surface area (Å²) in [6, 6.07) is 17.3.